The van der Waals surface area contributed by atoms with Crippen LogP contribution in [0, 0.1) is 18.3 Å². The fourth-order valence-electron chi connectivity index (χ4n) is 2.49. The summed E-state index contributed by atoms with van der Waals surface area (Å²) in [5.74, 6) is -0.452. The zero-order chi connectivity index (χ0) is 19.4. The lowest BCUT2D eigenvalue weighted by Gasteiger charge is -2.04. The zero-order valence-electron chi connectivity index (χ0n) is 14.7. The molecule has 3 rings (SSSR count). The number of aryl methyl sites for hydroxylation is 1. The van der Waals surface area contributed by atoms with Crippen LogP contribution in [0.25, 0.3) is 10.6 Å². The van der Waals surface area contributed by atoms with Crippen LogP contribution in [0.5, 0.6) is 0 Å². The van der Waals surface area contributed by atoms with Gasteiger partial charge in [-0.15, -0.1) is 11.3 Å². The smallest absolute Gasteiger partial charge is 0.275 e. The van der Waals surface area contributed by atoms with Crippen LogP contribution in [0.1, 0.15) is 27.9 Å². The highest BCUT2D eigenvalue weighted by Crippen LogP contribution is 2.29. The van der Waals surface area contributed by atoms with Gasteiger partial charge < -0.3 is 10.6 Å². The van der Waals surface area contributed by atoms with Crippen LogP contribution < -0.4 is 10.6 Å². The maximum atomic E-state index is 12.6. The second kappa shape index (κ2) is 7.81. The summed E-state index contributed by atoms with van der Waals surface area (Å²) in [6.45, 7) is 3.29. The first-order chi connectivity index (χ1) is 13.0. The van der Waals surface area contributed by atoms with Crippen molar-refractivity contribution in [2.24, 2.45) is 0 Å². The molecule has 0 atom stereocenters. The van der Waals surface area contributed by atoms with E-state index in [0.717, 1.165) is 15.4 Å². The summed E-state index contributed by atoms with van der Waals surface area (Å²) in [4.78, 5) is 28.9. The number of hydrogen-bond donors (Lipinski definition) is 2. The number of benzene rings is 2. The number of thiazole rings is 1. The predicted octanol–water partition coefficient (Wildman–Crippen LogP) is 4.20. The van der Waals surface area contributed by atoms with Crippen molar-refractivity contribution in [3.05, 3.63) is 64.7 Å². The van der Waals surface area contributed by atoms with Crippen molar-refractivity contribution in [2.45, 2.75) is 13.8 Å². The molecule has 0 unspecified atom stereocenters. The Labute approximate surface area is 160 Å². The minimum absolute atomic E-state index is 0.132. The molecule has 0 aliphatic heterocycles. The molecule has 0 aliphatic rings. The van der Waals surface area contributed by atoms with Crippen LogP contribution in [0.4, 0.5) is 11.4 Å². The summed E-state index contributed by atoms with van der Waals surface area (Å²) in [6.07, 6.45) is 0. The molecule has 0 aliphatic carbocycles. The number of hydrogen-bond acceptors (Lipinski definition) is 5. The van der Waals surface area contributed by atoms with Crippen molar-refractivity contribution in [3.8, 4) is 16.6 Å². The third-order valence-electron chi connectivity index (χ3n) is 3.71. The lowest BCUT2D eigenvalue weighted by Crippen LogP contribution is -2.13. The van der Waals surface area contributed by atoms with Gasteiger partial charge in [0.05, 0.1) is 11.6 Å². The Morgan fingerprint density at radius 1 is 1.07 bits per heavy atom. The molecule has 27 heavy (non-hydrogen) atoms. The highest BCUT2D eigenvalue weighted by molar-refractivity contribution is 7.15. The molecular weight excluding hydrogens is 360 g/mol. The fraction of sp³-hybridized carbons (Fsp3) is 0.100. The molecular formula is C20H16N4O2S. The molecule has 0 bridgehead atoms. The summed E-state index contributed by atoms with van der Waals surface area (Å²) in [5, 5.41) is 15.2. The fourth-order valence-corrected chi connectivity index (χ4v) is 3.40. The molecule has 2 aromatic carbocycles. The molecule has 0 fully saturated rings. The maximum Gasteiger partial charge on any atom is 0.275 e. The van der Waals surface area contributed by atoms with Crippen LogP contribution in [0.15, 0.2) is 48.5 Å². The predicted molar refractivity (Wildman–Crippen MR) is 106 cm³/mol. The van der Waals surface area contributed by atoms with E-state index in [1.165, 1.54) is 18.3 Å². The number of nitrogens with one attached hydrogen (secondary N) is 2. The van der Waals surface area contributed by atoms with Gasteiger partial charge in [0.25, 0.3) is 5.91 Å². The van der Waals surface area contributed by atoms with Crippen molar-refractivity contribution in [3.63, 3.8) is 0 Å². The highest BCUT2D eigenvalue weighted by Gasteiger charge is 2.16. The summed E-state index contributed by atoms with van der Waals surface area (Å²) >= 11 is 1.42. The van der Waals surface area contributed by atoms with Crippen molar-refractivity contribution in [1.82, 2.24) is 4.98 Å². The molecule has 0 saturated carbocycles. The minimum atomic E-state index is -0.319. The average molecular weight is 376 g/mol. The van der Waals surface area contributed by atoms with Gasteiger partial charge in [-0.25, -0.2) is 4.98 Å². The van der Waals surface area contributed by atoms with Crippen LogP contribution >= 0.6 is 11.3 Å². The lowest BCUT2D eigenvalue weighted by molar-refractivity contribution is -0.114. The summed E-state index contributed by atoms with van der Waals surface area (Å²) in [5.41, 5.74) is 2.94. The lowest BCUT2D eigenvalue weighted by atomic mass is 10.2. The largest absolute Gasteiger partial charge is 0.326 e. The molecule has 2 N–H and O–H groups in total. The monoisotopic (exact) mass is 376 g/mol. The number of carbonyl (C=O) groups excluding carboxylic acids is 2. The number of rotatable bonds is 4. The minimum Gasteiger partial charge on any atom is -0.326 e. The first kappa shape index (κ1) is 18.3. The second-order valence-corrected chi connectivity index (χ2v) is 7.03. The molecule has 1 aromatic heterocycles. The van der Waals surface area contributed by atoms with E-state index in [0.29, 0.717) is 22.6 Å². The number of aromatic nitrogens is 1. The van der Waals surface area contributed by atoms with E-state index in [1.807, 2.05) is 25.1 Å². The van der Waals surface area contributed by atoms with Gasteiger partial charge in [-0.2, -0.15) is 5.26 Å². The first-order valence-corrected chi connectivity index (χ1v) is 8.95. The molecule has 1 heterocycles. The van der Waals surface area contributed by atoms with Crippen LogP contribution in [0.2, 0.25) is 0 Å². The molecule has 2 amide bonds. The van der Waals surface area contributed by atoms with Gasteiger partial charge in [0.2, 0.25) is 5.91 Å². The first-order valence-electron chi connectivity index (χ1n) is 8.13. The number of nitriles is 1. The summed E-state index contributed by atoms with van der Waals surface area (Å²) in [6, 6.07) is 16.0. The number of anilines is 2. The number of nitrogens with zero attached hydrogens (tertiary/aromatic N) is 2. The number of amides is 2. The van der Waals surface area contributed by atoms with Crippen LogP contribution in [0.3, 0.4) is 0 Å². The molecule has 3 aromatic rings. The second-order valence-electron chi connectivity index (χ2n) is 5.83. The average Bonchev–Trinajstić information content (AvgIpc) is 3.04. The van der Waals surface area contributed by atoms with E-state index in [4.69, 9.17) is 5.26 Å². The Morgan fingerprint density at radius 3 is 2.48 bits per heavy atom. The Balaban J connectivity index is 1.80. The normalized spacial score (nSPS) is 10.1. The van der Waals surface area contributed by atoms with E-state index in [1.54, 1.807) is 36.4 Å². The van der Waals surface area contributed by atoms with Crippen molar-refractivity contribution in [1.29, 1.82) is 5.26 Å². The summed E-state index contributed by atoms with van der Waals surface area (Å²) < 4.78 is 0. The Kier molecular flexibility index (Phi) is 5.29. The van der Waals surface area contributed by atoms with E-state index in [9.17, 15) is 9.59 Å². The van der Waals surface area contributed by atoms with Gasteiger partial charge in [0.15, 0.2) is 0 Å². The summed E-state index contributed by atoms with van der Waals surface area (Å²) in [7, 11) is 0. The maximum absolute atomic E-state index is 12.6. The molecule has 0 spiro atoms. The van der Waals surface area contributed by atoms with Crippen LogP contribution in [-0.4, -0.2) is 16.8 Å². The molecule has 134 valence electrons. The number of carbonyl (C=O) groups is 2. The molecule has 7 heteroatoms. The SMILES string of the molecule is CC(=O)Nc1ccc(-c2nc(C(=O)Nc3cccc(C#N)c3)c(C)s2)cc1. The standard InChI is InChI=1S/C20H16N4O2S/c1-12-18(19(26)23-17-5-3-4-14(10-17)11-21)24-20(27-12)15-6-8-16(9-7-15)22-13(2)25/h3-10H,1-2H3,(H,22,25)(H,23,26). The van der Waals surface area contributed by atoms with Gasteiger partial charge in [0.1, 0.15) is 10.7 Å². The van der Waals surface area contributed by atoms with Gasteiger partial charge in [-0.3, -0.25) is 9.59 Å². The third kappa shape index (κ3) is 4.37. The van der Waals surface area contributed by atoms with Gasteiger partial charge in [0, 0.05) is 28.7 Å². The third-order valence-corrected chi connectivity index (χ3v) is 4.73. The molecule has 6 nitrogen and oxygen atoms in total. The van der Waals surface area contributed by atoms with E-state index in [2.05, 4.69) is 15.6 Å². The quantitative estimate of drug-likeness (QED) is 0.713. The van der Waals surface area contributed by atoms with E-state index >= 15 is 0 Å². The van der Waals surface area contributed by atoms with Crippen LogP contribution in [-0.2, 0) is 4.79 Å². The highest BCUT2D eigenvalue weighted by atomic mass is 32.1. The van der Waals surface area contributed by atoms with E-state index in [-0.39, 0.29) is 11.8 Å². The van der Waals surface area contributed by atoms with Gasteiger partial charge in [-0.1, -0.05) is 6.07 Å². The Bertz CT molecular complexity index is 1050. The van der Waals surface area contributed by atoms with E-state index < -0.39 is 0 Å². The van der Waals surface area contributed by atoms with Gasteiger partial charge >= 0.3 is 0 Å². The van der Waals surface area contributed by atoms with Crippen molar-refractivity contribution < 1.29 is 9.59 Å². The Hall–Kier alpha value is -3.50. The zero-order valence-corrected chi connectivity index (χ0v) is 15.6. The van der Waals surface area contributed by atoms with Crippen molar-refractivity contribution in [2.75, 3.05) is 10.6 Å². The Morgan fingerprint density at radius 2 is 1.81 bits per heavy atom. The van der Waals surface area contributed by atoms with Crippen molar-refractivity contribution >= 4 is 34.5 Å². The molecule has 0 radical (unpaired) electrons. The topological polar surface area (TPSA) is 94.9 Å². The van der Waals surface area contributed by atoms with Gasteiger partial charge in [-0.05, 0) is 49.4 Å². The molecule has 0 saturated heterocycles.